The van der Waals surface area contributed by atoms with Crippen LogP contribution in [0.1, 0.15) is 34.8 Å². The van der Waals surface area contributed by atoms with Crippen molar-refractivity contribution >= 4 is 5.91 Å². The zero-order valence-electron chi connectivity index (χ0n) is 13.9. The number of nitrogens with one attached hydrogen (secondary N) is 1. The monoisotopic (exact) mass is 313 g/mol. The molecule has 0 saturated carbocycles. The van der Waals surface area contributed by atoms with Gasteiger partial charge in [0.25, 0.3) is 5.91 Å². The van der Waals surface area contributed by atoms with Gasteiger partial charge >= 0.3 is 0 Å². The third-order valence-electron chi connectivity index (χ3n) is 3.53. The van der Waals surface area contributed by atoms with E-state index in [0.717, 1.165) is 23.3 Å². The number of methoxy groups -OCH3 is 1. The maximum Gasteiger partial charge on any atom is 0.251 e. The number of benzene rings is 2. The van der Waals surface area contributed by atoms with Crippen LogP contribution in [-0.4, -0.2) is 19.6 Å². The minimum Gasteiger partial charge on any atom is -0.493 e. The molecule has 0 aliphatic carbocycles. The second-order valence-corrected chi connectivity index (χ2v) is 5.33. The maximum absolute atomic E-state index is 12.2. The molecule has 0 fully saturated rings. The van der Waals surface area contributed by atoms with E-state index in [4.69, 9.17) is 9.47 Å². The van der Waals surface area contributed by atoms with Crippen LogP contribution >= 0.6 is 0 Å². The van der Waals surface area contributed by atoms with Crippen molar-refractivity contribution in [2.75, 3.05) is 13.7 Å². The molecule has 0 bridgehead atoms. The molecule has 23 heavy (non-hydrogen) atoms. The summed E-state index contributed by atoms with van der Waals surface area (Å²) in [6.07, 6.45) is 0.942. The number of hydrogen-bond donors (Lipinski definition) is 1. The molecular formula is C19H23NO3. The topological polar surface area (TPSA) is 47.6 Å². The van der Waals surface area contributed by atoms with Crippen molar-refractivity contribution in [3.8, 4) is 11.5 Å². The Bertz CT molecular complexity index is 667. The first-order valence-corrected chi connectivity index (χ1v) is 7.79. The highest BCUT2D eigenvalue weighted by atomic mass is 16.5. The standard InChI is InChI=1S/C19H23NO3/c1-4-11-23-17-10-9-15(12-18(17)22-3)13-20-19(21)16-8-6-5-7-14(16)2/h5-10,12H,4,11,13H2,1-3H3,(H,20,21). The maximum atomic E-state index is 12.2. The number of amides is 1. The molecular weight excluding hydrogens is 290 g/mol. The molecule has 0 unspecified atom stereocenters. The van der Waals surface area contributed by atoms with Gasteiger partial charge in [0, 0.05) is 12.1 Å². The SMILES string of the molecule is CCCOc1ccc(CNC(=O)c2ccccc2C)cc1OC. The Morgan fingerprint density at radius 2 is 1.91 bits per heavy atom. The van der Waals surface area contributed by atoms with Crippen LogP contribution < -0.4 is 14.8 Å². The van der Waals surface area contributed by atoms with Crippen molar-refractivity contribution in [3.63, 3.8) is 0 Å². The van der Waals surface area contributed by atoms with Gasteiger partial charge in [0.05, 0.1) is 13.7 Å². The number of rotatable bonds is 7. The predicted octanol–water partition coefficient (Wildman–Crippen LogP) is 3.72. The zero-order chi connectivity index (χ0) is 16.7. The van der Waals surface area contributed by atoms with E-state index < -0.39 is 0 Å². The van der Waals surface area contributed by atoms with Crippen molar-refractivity contribution in [1.82, 2.24) is 5.32 Å². The minimum atomic E-state index is -0.0756. The van der Waals surface area contributed by atoms with Crippen LogP contribution in [0.15, 0.2) is 42.5 Å². The Hall–Kier alpha value is -2.49. The van der Waals surface area contributed by atoms with Crippen LogP contribution in [0, 0.1) is 6.92 Å². The Morgan fingerprint density at radius 3 is 2.61 bits per heavy atom. The van der Waals surface area contributed by atoms with Crippen molar-refractivity contribution in [1.29, 1.82) is 0 Å². The van der Waals surface area contributed by atoms with Gasteiger partial charge in [-0.15, -0.1) is 0 Å². The first-order valence-electron chi connectivity index (χ1n) is 7.79. The summed E-state index contributed by atoms with van der Waals surface area (Å²) in [5.74, 6) is 1.33. The molecule has 0 radical (unpaired) electrons. The molecule has 0 spiro atoms. The van der Waals surface area contributed by atoms with Gasteiger partial charge < -0.3 is 14.8 Å². The van der Waals surface area contributed by atoms with E-state index in [-0.39, 0.29) is 5.91 Å². The summed E-state index contributed by atoms with van der Waals surface area (Å²) >= 11 is 0. The summed E-state index contributed by atoms with van der Waals surface area (Å²) in [6.45, 7) is 5.08. The lowest BCUT2D eigenvalue weighted by atomic mass is 10.1. The molecule has 0 saturated heterocycles. The lowest BCUT2D eigenvalue weighted by molar-refractivity contribution is 0.0950. The number of carbonyl (C=O) groups excluding carboxylic acids is 1. The Kier molecular flexibility index (Phi) is 6.03. The molecule has 0 aliphatic heterocycles. The highest BCUT2D eigenvalue weighted by Crippen LogP contribution is 2.28. The summed E-state index contributed by atoms with van der Waals surface area (Å²) < 4.78 is 11.0. The number of hydrogen-bond acceptors (Lipinski definition) is 3. The van der Waals surface area contributed by atoms with Gasteiger partial charge in [-0.05, 0) is 42.7 Å². The molecule has 2 rings (SSSR count). The fraction of sp³-hybridized carbons (Fsp3) is 0.316. The fourth-order valence-electron chi connectivity index (χ4n) is 2.26. The van der Waals surface area contributed by atoms with E-state index in [1.807, 2.05) is 49.4 Å². The molecule has 2 aromatic rings. The van der Waals surface area contributed by atoms with E-state index in [9.17, 15) is 4.79 Å². The van der Waals surface area contributed by atoms with E-state index in [2.05, 4.69) is 12.2 Å². The van der Waals surface area contributed by atoms with Gasteiger partial charge in [-0.3, -0.25) is 4.79 Å². The average Bonchev–Trinajstić information content (AvgIpc) is 2.58. The summed E-state index contributed by atoms with van der Waals surface area (Å²) in [5, 5.41) is 2.93. The minimum absolute atomic E-state index is 0.0756. The Labute approximate surface area is 137 Å². The summed E-state index contributed by atoms with van der Waals surface area (Å²) in [6, 6.07) is 13.3. The Balaban J connectivity index is 2.03. The third kappa shape index (κ3) is 4.49. The second-order valence-electron chi connectivity index (χ2n) is 5.33. The largest absolute Gasteiger partial charge is 0.493 e. The Morgan fingerprint density at radius 1 is 1.13 bits per heavy atom. The van der Waals surface area contributed by atoms with Gasteiger partial charge in [0.2, 0.25) is 0 Å². The molecule has 1 N–H and O–H groups in total. The molecule has 4 heteroatoms. The fourth-order valence-corrected chi connectivity index (χ4v) is 2.26. The quantitative estimate of drug-likeness (QED) is 0.847. The lowest BCUT2D eigenvalue weighted by Gasteiger charge is -2.12. The van der Waals surface area contributed by atoms with Crippen LogP contribution in [-0.2, 0) is 6.54 Å². The molecule has 0 heterocycles. The van der Waals surface area contributed by atoms with Gasteiger partial charge in [-0.25, -0.2) is 0 Å². The van der Waals surface area contributed by atoms with Crippen molar-refractivity contribution in [2.45, 2.75) is 26.8 Å². The molecule has 0 aliphatic rings. The highest BCUT2D eigenvalue weighted by Gasteiger charge is 2.09. The molecule has 2 aromatic carbocycles. The molecule has 122 valence electrons. The van der Waals surface area contributed by atoms with Crippen LogP contribution in [0.3, 0.4) is 0 Å². The van der Waals surface area contributed by atoms with E-state index in [1.165, 1.54) is 0 Å². The van der Waals surface area contributed by atoms with Crippen molar-refractivity contribution < 1.29 is 14.3 Å². The summed E-state index contributed by atoms with van der Waals surface area (Å²) in [5.41, 5.74) is 2.63. The lowest BCUT2D eigenvalue weighted by Crippen LogP contribution is -2.23. The third-order valence-corrected chi connectivity index (χ3v) is 3.53. The molecule has 1 amide bonds. The average molecular weight is 313 g/mol. The molecule has 0 aromatic heterocycles. The molecule has 0 atom stereocenters. The van der Waals surface area contributed by atoms with Crippen LogP contribution in [0.4, 0.5) is 0 Å². The first-order chi connectivity index (χ1) is 11.2. The van der Waals surface area contributed by atoms with Crippen LogP contribution in [0.25, 0.3) is 0 Å². The van der Waals surface area contributed by atoms with E-state index in [0.29, 0.717) is 24.5 Å². The van der Waals surface area contributed by atoms with Crippen molar-refractivity contribution in [3.05, 3.63) is 59.2 Å². The van der Waals surface area contributed by atoms with E-state index >= 15 is 0 Å². The number of aryl methyl sites for hydroxylation is 1. The van der Waals surface area contributed by atoms with Gasteiger partial charge in [0.15, 0.2) is 11.5 Å². The van der Waals surface area contributed by atoms with Crippen LogP contribution in [0.2, 0.25) is 0 Å². The predicted molar refractivity (Wildman–Crippen MR) is 91.1 cm³/mol. The summed E-state index contributed by atoms with van der Waals surface area (Å²) in [4.78, 5) is 12.2. The number of ether oxygens (including phenoxy) is 2. The smallest absolute Gasteiger partial charge is 0.251 e. The van der Waals surface area contributed by atoms with Gasteiger partial charge in [0.1, 0.15) is 0 Å². The summed E-state index contributed by atoms with van der Waals surface area (Å²) in [7, 11) is 1.61. The highest BCUT2D eigenvalue weighted by molar-refractivity contribution is 5.95. The first kappa shape index (κ1) is 16.9. The normalized spacial score (nSPS) is 10.2. The van der Waals surface area contributed by atoms with Crippen molar-refractivity contribution in [2.24, 2.45) is 0 Å². The van der Waals surface area contributed by atoms with E-state index in [1.54, 1.807) is 7.11 Å². The molecule has 4 nitrogen and oxygen atoms in total. The zero-order valence-corrected chi connectivity index (χ0v) is 13.9. The van der Waals surface area contributed by atoms with Gasteiger partial charge in [-0.1, -0.05) is 31.2 Å². The second kappa shape index (κ2) is 8.22. The van der Waals surface area contributed by atoms with Crippen LogP contribution in [0.5, 0.6) is 11.5 Å². The number of carbonyl (C=O) groups is 1. The van der Waals surface area contributed by atoms with Gasteiger partial charge in [-0.2, -0.15) is 0 Å².